The maximum atomic E-state index is 12.1. The van der Waals surface area contributed by atoms with Gasteiger partial charge in [0.05, 0.1) is 17.2 Å². The molecule has 0 fully saturated rings. The van der Waals surface area contributed by atoms with Gasteiger partial charge in [0.2, 0.25) is 0 Å². The fourth-order valence-electron chi connectivity index (χ4n) is 1.59. The molecule has 0 atom stereocenters. The summed E-state index contributed by atoms with van der Waals surface area (Å²) in [6, 6.07) is 9.99. The van der Waals surface area contributed by atoms with Crippen molar-refractivity contribution in [3.8, 4) is 5.75 Å². The predicted molar refractivity (Wildman–Crippen MR) is 75.7 cm³/mol. The Morgan fingerprint density at radius 2 is 1.75 bits per heavy atom. The van der Waals surface area contributed by atoms with E-state index in [-0.39, 0.29) is 22.9 Å². The molecule has 20 heavy (non-hydrogen) atoms. The zero-order valence-electron chi connectivity index (χ0n) is 10.4. The molecule has 0 unspecified atom stereocenters. The van der Waals surface area contributed by atoms with Crippen LogP contribution in [0.2, 0.25) is 0 Å². The Hall–Kier alpha value is -2.25. The summed E-state index contributed by atoms with van der Waals surface area (Å²) in [5, 5.41) is 18.2. The monoisotopic (exact) mass is 294 g/mol. The molecule has 0 aliphatic rings. The Kier molecular flexibility index (Phi) is 3.82. The van der Waals surface area contributed by atoms with Crippen molar-refractivity contribution in [3.05, 3.63) is 48.0 Å². The molecule has 0 saturated carbocycles. The van der Waals surface area contributed by atoms with E-state index in [4.69, 9.17) is 10.8 Å². The van der Waals surface area contributed by atoms with Crippen LogP contribution in [-0.4, -0.2) is 18.6 Å². The second kappa shape index (κ2) is 5.40. The molecule has 2 aromatic rings. The minimum Gasteiger partial charge on any atom is -0.506 e. The van der Waals surface area contributed by atoms with Gasteiger partial charge in [-0.3, -0.25) is 4.72 Å². The van der Waals surface area contributed by atoms with Crippen LogP contribution in [0.15, 0.2) is 47.4 Å². The largest absolute Gasteiger partial charge is 0.506 e. The Morgan fingerprint density at radius 3 is 2.30 bits per heavy atom. The van der Waals surface area contributed by atoms with Gasteiger partial charge in [0, 0.05) is 5.69 Å². The van der Waals surface area contributed by atoms with Gasteiger partial charge in [-0.25, -0.2) is 8.42 Å². The summed E-state index contributed by atoms with van der Waals surface area (Å²) in [5.74, 6) is -0.170. The number of hydrogen-bond donors (Lipinski definition) is 4. The molecule has 0 aliphatic heterocycles. The van der Waals surface area contributed by atoms with E-state index in [0.717, 1.165) is 0 Å². The molecule has 0 aliphatic carbocycles. The molecule has 5 N–H and O–H groups in total. The molecule has 0 aromatic heterocycles. The van der Waals surface area contributed by atoms with Crippen molar-refractivity contribution < 1.29 is 18.6 Å². The molecular weight excluding hydrogens is 280 g/mol. The normalized spacial score (nSPS) is 11.2. The van der Waals surface area contributed by atoms with Crippen molar-refractivity contribution >= 4 is 21.4 Å². The zero-order valence-corrected chi connectivity index (χ0v) is 11.3. The number of rotatable bonds is 4. The number of nitrogens with two attached hydrogens (primary N) is 1. The molecule has 7 heteroatoms. The number of phenols is 1. The summed E-state index contributed by atoms with van der Waals surface area (Å²) in [4.78, 5) is -0.0426. The topological polar surface area (TPSA) is 113 Å². The minimum atomic E-state index is -3.78. The Bertz CT molecular complexity index is 712. The highest BCUT2D eigenvalue weighted by atomic mass is 32.2. The number of sulfonamides is 1. The second-order valence-electron chi connectivity index (χ2n) is 4.18. The predicted octanol–water partition coefficient (Wildman–Crippen LogP) is 1.27. The van der Waals surface area contributed by atoms with Crippen molar-refractivity contribution in [1.82, 2.24) is 0 Å². The lowest BCUT2D eigenvalue weighted by molar-refractivity contribution is 0.282. The number of phenolic OH excluding ortho intramolecular Hbond substituents is 1. The van der Waals surface area contributed by atoms with Crippen molar-refractivity contribution in [1.29, 1.82) is 0 Å². The first-order chi connectivity index (χ1) is 9.42. The minimum absolute atomic E-state index is 0.0106. The Labute approximate surface area is 116 Å². The van der Waals surface area contributed by atoms with Gasteiger partial charge in [-0.2, -0.15) is 0 Å². The number of nitrogen functional groups attached to an aromatic ring is 1. The van der Waals surface area contributed by atoms with E-state index in [9.17, 15) is 13.5 Å². The maximum Gasteiger partial charge on any atom is 0.261 e. The number of nitrogens with one attached hydrogen (secondary N) is 1. The van der Waals surface area contributed by atoms with Gasteiger partial charge in [0.15, 0.2) is 0 Å². The number of aliphatic hydroxyl groups is 1. The van der Waals surface area contributed by atoms with Gasteiger partial charge < -0.3 is 15.9 Å². The fraction of sp³-hybridized carbons (Fsp3) is 0.0769. The molecule has 0 radical (unpaired) electrons. The van der Waals surface area contributed by atoms with Crippen molar-refractivity contribution in [3.63, 3.8) is 0 Å². The number of benzene rings is 2. The summed E-state index contributed by atoms with van der Waals surface area (Å²) in [7, 11) is -3.78. The Balaban J connectivity index is 2.27. The van der Waals surface area contributed by atoms with Crippen LogP contribution in [0.4, 0.5) is 11.4 Å². The van der Waals surface area contributed by atoms with Gasteiger partial charge in [-0.15, -0.1) is 0 Å². The molecule has 0 saturated heterocycles. The second-order valence-corrected chi connectivity index (χ2v) is 5.86. The van der Waals surface area contributed by atoms with Crippen LogP contribution in [0.5, 0.6) is 5.75 Å². The highest BCUT2D eigenvalue weighted by Crippen LogP contribution is 2.24. The van der Waals surface area contributed by atoms with Crippen LogP contribution < -0.4 is 10.5 Å². The quantitative estimate of drug-likeness (QED) is 0.501. The standard InChI is InChI=1S/C13H14N2O4S/c14-12-7-11(5-6-13(12)17)20(18,19)15-10-3-1-9(8-16)2-4-10/h1-7,15-17H,8,14H2. The Morgan fingerprint density at radius 1 is 1.10 bits per heavy atom. The van der Waals surface area contributed by atoms with Crippen LogP contribution in [0.1, 0.15) is 5.56 Å². The van der Waals surface area contributed by atoms with Crippen LogP contribution in [0, 0.1) is 0 Å². The lowest BCUT2D eigenvalue weighted by atomic mass is 10.2. The van der Waals surface area contributed by atoms with Gasteiger partial charge in [-0.1, -0.05) is 12.1 Å². The first-order valence-corrected chi connectivity index (χ1v) is 7.22. The van der Waals surface area contributed by atoms with E-state index in [2.05, 4.69) is 4.72 Å². The molecule has 6 nitrogen and oxygen atoms in total. The molecule has 0 spiro atoms. The van der Waals surface area contributed by atoms with Gasteiger partial charge in [-0.05, 0) is 35.9 Å². The molecular formula is C13H14N2O4S. The average molecular weight is 294 g/mol. The summed E-state index contributed by atoms with van der Waals surface area (Å²) in [6.45, 7) is -0.110. The summed E-state index contributed by atoms with van der Waals surface area (Å²) in [5.41, 5.74) is 6.52. The van der Waals surface area contributed by atoms with E-state index >= 15 is 0 Å². The lowest BCUT2D eigenvalue weighted by Crippen LogP contribution is -2.13. The highest BCUT2D eigenvalue weighted by Gasteiger charge is 2.15. The van der Waals surface area contributed by atoms with Crippen LogP contribution >= 0.6 is 0 Å². The molecule has 0 heterocycles. The molecule has 2 rings (SSSR count). The lowest BCUT2D eigenvalue weighted by Gasteiger charge is -2.09. The molecule has 106 valence electrons. The highest BCUT2D eigenvalue weighted by molar-refractivity contribution is 7.92. The van der Waals surface area contributed by atoms with E-state index in [0.29, 0.717) is 11.3 Å². The van der Waals surface area contributed by atoms with E-state index in [1.807, 2.05) is 0 Å². The van der Waals surface area contributed by atoms with E-state index in [1.165, 1.54) is 18.2 Å². The van der Waals surface area contributed by atoms with Gasteiger partial charge in [0.25, 0.3) is 10.0 Å². The third-order valence-corrected chi connectivity index (χ3v) is 4.08. The van der Waals surface area contributed by atoms with Crippen LogP contribution in [-0.2, 0) is 16.6 Å². The maximum absolute atomic E-state index is 12.1. The average Bonchev–Trinajstić information content (AvgIpc) is 2.42. The SMILES string of the molecule is Nc1cc(S(=O)(=O)Nc2ccc(CO)cc2)ccc1O. The smallest absolute Gasteiger partial charge is 0.261 e. The first-order valence-electron chi connectivity index (χ1n) is 5.73. The van der Waals surface area contributed by atoms with Gasteiger partial charge >= 0.3 is 0 Å². The fourth-order valence-corrected chi connectivity index (χ4v) is 2.69. The summed E-state index contributed by atoms with van der Waals surface area (Å²) >= 11 is 0. The zero-order chi connectivity index (χ0) is 14.8. The molecule has 0 bridgehead atoms. The molecule has 0 amide bonds. The van der Waals surface area contributed by atoms with Gasteiger partial charge in [0.1, 0.15) is 5.75 Å². The molecule has 2 aromatic carbocycles. The van der Waals surface area contributed by atoms with Crippen LogP contribution in [0.25, 0.3) is 0 Å². The van der Waals surface area contributed by atoms with E-state index in [1.54, 1.807) is 24.3 Å². The van der Waals surface area contributed by atoms with Crippen molar-refractivity contribution in [2.75, 3.05) is 10.5 Å². The number of aromatic hydroxyl groups is 1. The third kappa shape index (κ3) is 3.01. The summed E-state index contributed by atoms with van der Waals surface area (Å²) < 4.78 is 26.6. The first kappa shape index (κ1) is 14.2. The third-order valence-electron chi connectivity index (χ3n) is 2.70. The van der Waals surface area contributed by atoms with Crippen molar-refractivity contribution in [2.45, 2.75) is 11.5 Å². The van der Waals surface area contributed by atoms with Crippen molar-refractivity contribution in [2.24, 2.45) is 0 Å². The van der Waals surface area contributed by atoms with Crippen LogP contribution in [0.3, 0.4) is 0 Å². The number of anilines is 2. The van der Waals surface area contributed by atoms with E-state index < -0.39 is 10.0 Å². The summed E-state index contributed by atoms with van der Waals surface area (Å²) in [6.07, 6.45) is 0. The number of hydrogen-bond acceptors (Lipinski definition) is 5. The number of aliphatic hydroxyl groups excluding tert-OH is 1.